The maximum absolute atomic E-state index is 12.4. The summed E-state index contributed by atoms with van der Waals surface area (Å²) in [7, 11) is 0. The molecule has 0 fully saturated rings. The summed E-state index contributed by atoms with van der Waals surface area (Å²) in [4.78, 5) is 23.8. The molecule has 0 bridgehead atoms. The highest BCUT2D eigenvalue weighted by molar-refractivity contribution is 6.08. The molecule has 0 aliphatic rings. The second kappa shape index (κ2) is 6.78. The monoisotopic (exact) mass is 362 g/mol. The second-order valence-electron chi connectivity index (χ2n) is 6.09. The number of nitrogens with zero attached hydrogens (tertiary/aromatic N) is 2. The van der Waals surface area contributed by atoms with E-state index in [1.54, 1.807) is 0 Å². The molecule has 3 rings (SSSR count). The Balaban J connectivity index is 1.76. The van der Waals surface area contributed by atoms with Crippen molar-refractivity contribution >= 4 is 22.8 Å². The number of alkyl halides is 3. The summed E-state index contributed by atoms with van der Waals surface area (Å²) in [6, 6.07) is 6.08. The molecular weight excluding hydrogens is 345 g/mol. The molecule has 136 valence electrons. The second-order valence-corrected chi connectivity index (χ2v) is 6.09. The van der Waals surface area contributed by atoms with Crippen LogP contribution in [0.4, 0.5) is 19.0 Å². The Kier molecular flexibility index (Phi) is 4.67. The van der Waals surface area contributed by atoms with E-state index < -0.39 is 12.6 Å². The quantitative estimate of drug-likeness (QED) is 0.726. The van der Waals surface area contributed by atoms with E-state index in [2.05, 4.69) is 20.3 Å². The number of rotatable bonds is 4. The van der Waals surface area contributed by atoms with E-state index in [9.17, 15) is 18.0 Å². The van der Waals surface area contributed by atoms with Gasteiger partial charge in [0.2, 0.25) is 0 Å². The molecule has 2 N–H and O–H groups in total. The number of fused-ring (bicyclic) bond motifs is 1. The fourth-order valence-corrected chi connectivity index (χ4v) is 2.68. The molecule has 0 saturated heterocycles. The molecule has 0 unspecified atom stereocenters. The van der Waals surface area contributed by atoms with Crippen molar-refractivity contribution in [3.05, 3.63) is 53.0 Å². The van der Waals surface area contributed by atoms with Crippen LogP contribution in [-0.4, -0.2) is 27.0 Å². The number of halogens is 3. The third kappa shape index (κ3) is 3.84. The van der Waals surface area contributed by atoms with Gasteiger partial charge >= 0.3 is 6.18 Å². The predicted octanol–water partition coefficient (Wildman–Crippen LogP) is 4.32. The lowest BCUT2D eigenvalue weighted by molar-refractivity contribution is -0.134. The fourth-order valence-electron chi connectivity index (χ4n) is 2.68. The van der Waals surface area contributed by atoms with Crippen LogP contribution >= 0.6 is 0 Å². The SMILES string of the molecule is Cc1[nH]c2ncnc(NC(=O)c3ccc(CCC(F)(F)F)cc3)c2c1C. The maximum atomic E-state index is 12.4. The maximum Gasteiger partial charge on any atom is 0.389 e. The zero-order valence-electron chi connectivity index (χ0n) is 14.2. The first-order chi connectivity index (χ1) is 12.2. The summed E-state index contributed by atoms with van der Waals surface area (Å²) in [6.07, 6.45) is -3.84. The number of carbonyl (C=O) groups excluding carboxylic acids is 1. The first-order valence-electron chi connectivity index (χ1n) is 8.01. The molecular formula is C18H17F3N4O. The number of aryl methyl sites for hydroxylation is 3. The smallest absolute Gasteiger partial charge is 0.343 e. The number of nitrogens with one attached hydrogen (secondary N) is 2. The standard InChI is InChI=1S/C18H17F3N4O/c1-10-11(2)24-15-14(10)16(23-9-22-15)25-17(26)13-5-3-12(4-6-13)7-8-18(19,20)21/h3-6,9H,7-8H2,1-2H3,(H2,22,23,24,25,26). The summed E-state index contributed by atoms with van der Waals surface area (Å²) < 4.78 is 36.8. The summed E-state index contributed by atoms with van der Waals surface area (Å²) in [6.45, 7) is 3.81. The zero-order valence-corrected chi connectivity index (χ0v) is 14.2. The minimum Gasteiger partial charge on any atom is -0.343 e. The number of hydrogen-bond acceptors (Lipinski definition) is 3. The Bertz CT molecular complexity index is 945. The first-order valence-corrected chi connectivity index (χ1v) is 8.01. The van der Waals surface area contributed by atoms with Crippen molar-refractivity contribution in [3.63, 3.8) is 0 Å². The van der Waals surface area contributed by atoms with Crippen molar-refractivity contribution in [2.24, 2.45) is 0 Å². The lowest BCUT2D eigenvalue weighted by Gasteiger charge is -2.08. The zero-order chi connectivity index (χ0) is 18.9. The Labute approximate surface area is 147 Å². The molecule has 1 aromatic carbocycles. The van der Waals surface area contributed by atoms with Gasteiger partial charge < -0.3 is 10.3 Å². The molecule has 0 aliphatic carbocycles. The van der Waals surface area contributed by atoms with Gasteiger partial charge in [-0.1, -0.05) is 12.1 Å². The minimum absolute atomic E-state index is 0.111. The highest BCUT2D eigenvalue weighted by Gasteiger charge is 2.26. The van der Waals surface area contributed by atoms with Gasteiger partial charge in [0.05, 0.1) is 5.39 Å². The number of anilines is 1. The van der Waals surface area contributed by atoms with Crippen molar-refractivity contribution < 1.29 is 18.0 Å². The Morgan fingerprint density at radius 2 is 1.85 bits per heavy atom. The molecule has 8 heteroatoms. The van der Waals surface area contributed by atoms with Gasteiger partial charge in [-0.25, -0.2) is 9.97 Å². The number of aromatic amines is 1. The molecule has 0 saturated carbocycles. The number of carbonyl (C=O) groups is 1. The van der Waals surface area contributed by atoms with Crippen LogP contribution in [0.15, 0.2) is 30.6 Å². The third-order valence-electron chi connectivity index (χ3n) is 4.24. The molecule has 1 amide bonds. The van der Waals surface area contributed by atoms with Crippen molar-refractivity contribution in [2.45, 2.75) is 32.9 Å². The summed E-state index contributed by atoms with van der Waals surface area (Å²) >= 11 is 0. The number of H-pyrrole nitrogens is 1. The molecule has 0 atom stereocenters. The average molecular weight is 362 g/mol. The van der Waals surface area contributed by atoms with Gasteiger partial charge in [0, 0.05) is 17.7 Å². The molecule has 2 heterocycles. The topological polar surface area (TPSA) is 70.7 Å². The summed E-state index contributed by atoms with van der Waals surface area (Å²) in [5.41, 5.74) is 3.38. The number of aromatic nitrogens is 3. The van der Waals surface area contributed by atoms with E-state index in [-0.39, 0.29) is 12.3 Å². The van der Waals surface area contributed by atoms with Crippen molar-refractivity contribution in [2.75, 3.05) is 5.32 Å². The minimum atomic E-state index is -4.19. The van der Waals surface area contributed by atoms with E-state index in [1.807, 2.05) is 13.8 Å². The van der Waals surface area contributed by atoms with Crippen LogP contribution in [0.3, 0.4) is 0 Å². The molecule has 2 aromatic heterocycles. The van der Waals surface area contributed by atoms with Gasteiger partial charge in [-0.05, 0) is 43.5 Å². The Morgan fingerprint density at radius 1 is 1.15 bits per heavy atom. The third-order valence-corrected chi connectivity index (χ3v) is 4.24. The number of amides is 1. The largest absolute Gasteiger partial charge is 0.389 e. The van der Waals surface area contributed by atoms with Crippen LogP contribution in [0.25, 0.3) is 11.0 Å². The highest BCUT2D eigenvalue weighted by atomic mass is 19.4. The van der Waals surface area contributed by atoms with Gasteiger partial charge in [0.25, 0.3) is 5.91 Å². The van der Waals surface area contributed by atoms with Gasteiger partial charge in [0.15, 0.2) is 0 Å². The lowest BCUT2D eigenvalue weighted by atomic mass is 10.1. The average Bonchev–Trinajstić information content (AvgIpc) is 2.88. The molecule has 0 radical (unpaired) electrons. The summed E-state index contributed by atoms with van der Waals surface area (Å²) in [5, 5.41) is 3.48. The van der Waals surface area contributed by atoms with Gasteiger partial charge in [-0.3, -0.25) is 4.79 Å². The Hall–Kier alpha value is -2.90. The number of benzene rings is 1. The predicted molar refractivity (Wildman–Crippen MR) is 92.1 cm³/mol. The fraction of sp³-hybridized carbons (Fsp3) is 0.278. The van der Waals surface area contributed by atoms with Gasteiger partial charge in [-0.15, -0.1) is 0 Å². The number of hydrogen-bond donors (Lipinski definition) is 2. The first kappa shape index (κ1) is 17.9. The van der Waals surface area contributed by atoms with Crippen LogP contribution < -0.4 is 5.32 Å². The molecule has 0 aliphatic heterocycles. The molecule has 0 spiro atoms. The molecule has 3 aromatic rings. The van der Waals surface area contributed by atoms with E-state index in [4.69, 9.17) is 0 Å². The normalized spacial score (nSPS) is 11.7. The Morgan fingerprint density at radius 3 is 2.50 bits per heavy atom. The van der Waals surface area contributed by atoms with E-state index in [1.165, 1.54) is 30.6 Å². The van der Waals surface area contributed by atoms with E-state index in [0.29, 0.717) is 22.6 Å². The van der Waals surface area contributed by atoms with E-state index in [0.717, 1.165) is 16.6 Å². The van der Waals surface area contributed by atoms with Crippen LogP contribution in [-0.2, 0) is 6.42 Å². The highest BCUT2D eigenvalue weighted by Crippen LogP contribution is 2.26. The van der Waals surface area contributed by atoms with Gasteiger partial charge in [0.1, 0.15) is 17.8 Å². The van der Waals surface area contributed by atoms with Crippen LogP contribution in [0.2, 0.25) is 0 Å². The van der Waals surface area contributed by atoms with Crippen molar-refractivity contribution in [1.29, 1.82) is 0 Å². The molecule has 26 heavy (non-hydrogen) atoms. The van der Waals surface area contributed by atoms with Crippen molar-refractivity contribution in [3.8, 4) is 0 Å². The van der Waals surface area contributed by atoms with E-state index >= 15 is 0 Å². The van der Waals surface area contributed by atoms with Gasteiger partial charge in [-0.2, -0.15) is 13.2 Å². The molecule has 5 nitrogen and oxygen atoms in total. The van der Waals surface area contributed by atoms with Crippen molar-refractivity contribution in [1.82, 2.24) is 15.0 Å². The van der Waals surface area contributed by atoms with Crippen LogP contribution in [0, 0.1) is 13.8 Å². The lowest BCUT2D eigenvalue weighted by Crippen LogP contribution is -2.13. The summed E-state index contributed by atoms with van der Waals surface area (Å²) in [5.74, 6) is 0.00798. The van der Waals surface area contributed by atoms with Crippen LogP contribution in [0.5, 0.6) is 0 Å². The van der Waals surface area contributed by atoms with Crippen LogP contribution in [0.1, 0.15) is 33.6 Å².